The summed E-state index contributed by atoms with van der Waals surface area (Å²) < 4.78 is 2.01. The van der Waals surface area contributed by atoms with Crippen molar-refractivity contribution < 1.29 is 0 Å². The molecule has 3 heteroatoms. The first-order valence-corrected chi connectivity index (χ1v) is 6.07. The summed E-state index contributed by atoms with van der Waals surface area (Å²) in [5, 5.41) is 4.39. The summed E-state index contributed by atoms with van der Waals surface area (Å²) in [6.45, 7) is 5.41. The molecule has 1 aromatic carbocycles. The molecule has 0 amide bonds. The largest absolute Gasteiger partial charge is 0.399 e. The second-order valence-electron chi connectivity index (χ2n) is 4.59. The number of rotatable bonds is 4. The van der Waals surface area contributed by atoms with Crippen LogP contribution in [0.15, 0.2) is 36.7 Å². The minimum atomic E-state index is 0.656. The zero-order chi connectivity index (χ0) is 12.3. The lowest BCUT2D eigenvalue weighted by atomic mass is 10.1. The molecule has 0 radical (unpaired) electrons. The van der Waals surface area contributed by atoms with Crippen LogP contribution in [0, 0.1) is 5.92 Å². The fraction of sp³-hybridized carbons (Fsp3) is 0.357. The molecule has 0 spiro atoms. The van der Waals surface area contributed by atoms with Gasteiger partial charge < -0.3 is 5.73 Å². The summed E-state index contributed by atoms with van der Waals surface area (Å²) in [7, 11) is 0. The summed E-state index contributed by atoms with van der Waals surface area (Å²) in [4.78, 5) is 0. The maximum absolute atomic E-state index is 5.78. The highest BCUT2D eigenvalue weighted by molar-refractivity contribution is 5.65. The number of aromatic nitrogens is 2. The Balaban J connectivity index is 2.18. The number of nitrogen functional groups attached to an aromatic ring is 1. The van der Waals surface area contributed by atoms with Gasteiger partial charge in [0.25, 0.3) is 0 Å². The van der Waals surface area contributed by atoms with E-state index in [-0.39, 0.29) is 0 Å². The Morgan fingerprint density at radius 3 is 2.88 bits per heavy atom. The number of nitrogens with two attached hydrogens (primary N) is 1. The fourth-order valence-corrected chi connectivity index (χ4v) is 1.78. The predicted octanol–water partition coefficient (Wildman–Crippen LogP) is 3.18. The third-order valence-electron chi connectivity index (χ3n) is 3.05. The standard InChI is InChI=1S/C14H19N3/c1-3-11(2)9-17-10-13(8-16-17)12-5-4-6-14(15)7-12/h4-8,10-11H,3,9,15H2,1-2H3. The first-order valence-electron chi connectivity index (χ1n) is 6.07. The molecule has 0 fully saturated rings. The van der Waals surface area contributed by atoms with Crippen LogP contribution < -0.4 is 5.73 Å². The van der Waals surface area contributed by atoms with Crippen molar-refractivity contribution in [1.29, 1.82) is 0 Å². The number of anilines is 1. The van der Waals surface area contributed by atoms with Crippen molar-refractivity contribution in [1.82, 2.24) is 9.78 Å². The van der Waals surface area contributed by atoms with Crippen LogP contribution in [-0.2, 0) is 6.54 Å². The smallest absolute Gasteiger partial charge is 0.0568 e. The van der Waals surface area contributed by atoms with Crippen LogP contribution in [0.3, 0.4) is 0 Å². The Morgan fingerprint density at radius 2 is 2.18 bits per heavy atom. The van der Waals surface area contributed by atoms with Crippen molar-refractivity contribution in [3.8, 4) is 11.1 Å². The Hall–Kier alpha value is -1.77. The number of hydrogen-bond acceptors (Lipinski definition) is 2. The lowest BCUT2D eigenvalue weighted by Gasteiger charge is -2.07. The van der Waals surface area contributed by atoms with Crippen LogP contribution >= 0.6 is 0 Å². The molecule has 0 saturated heterocycles. The average molecular weight is 229 g/mol. The second kappa shape index (κ2) is 5.04. The van der Waals surface area contributed by atoms with Gasteiger partial charge in [-0.25, -0.2) is 0 Å². The Kier molecular flexibility index (Phi) is 3.47. The minimum absolute atomic E-state index is 0.656. The summed E-state index contributed by atoms with van der Waals surface area (Å²) in [5.41, 5.74) is 8.82. The van der Waals surface area contributed by atoms with E-state index in [9.17, 15) is 0 Å². The van der Waals surface area contributed by atoms with Gasteiger partial charge >= 0.3 is 0 Å². The first-order chi connectivity index (χ1) is 8.19. The molecular formula is C14H19N3. The van der Waals surface area contributed by atoms with Gasteiger partial charge in [-0.2, -0.15) is 5.10 Å². The van der Waals surface area contributed by atoms with Crippen molar-refractivity contribution in [2.24, 2.45) is 5.92 Å². The molecule has 0 aliphatic heterocycles. The first kappa shape index (κ1) is 11.7. The lowest BCUT2D eigenvalue weighted by molar-refractivity contribution is 0.439. The van der Waals surface area contributed by atoms with Gasteiger partial charge in [0.2, 0.25) is 0 Å². The molecule has 2 rings (SSSR count). The highest BCUT2D eigenvalue weighted by atomic mass is 15.3. The van der Waals surface area contributed by atoms with E-state index in [0.29, 0.717) is 5.92 Å². The van der Waals surface area contributed by atoms with Crippen molar-refractivity contribution >= 4 is 5.69 Å². The predicted molar refractivity (Wildman–Crippen MR) is 71.5 cm³/mol. The minimum Gasteiger partial charge on any atom is -0.399 e. The van der Waals surface area contributed by atoms with Gasteiger partial charge in [-0.05, 0) is 23.6 Å². The van der Waals surface area contributed by atoms with Crippen LogP contribution in [0.2, 0.25) is 0 Å². The molecule has 17 heavy (non-hydrogen) atoms. The number of hydrogen-bond donors (Lipinski definition) is 1. The van der Waals surface area contributed by atoms with E-state index in [0.717, 1.165) is 23.4 Å². The average Bonchev–Trinajstić information content (AvgIpc) is 2.77. The zero-order valence-corrected chi connectivity index (χ0v) is 10.4. The fourth-order valence-electron chi connectivity index (χ4n) is 1.78. The van der Waals surface area contributed by atoms with E-state index in [1.54, 1.807) is 0 Å². The molecular weight excluding hydrogens is 210 g/mol. The maximum atomic E-state index is 5.78. The van der Waals surface area contributed by atoms with Crippen LogP contribution in [0.1, 0.15) is 20.3 Å². The summed E-state index contributed by atoms with van der Waals surface area (Å²) in [6.07, 6.45) is 5.16. The van der Waals surface area contributed by atoms with Crippen LogP contribution in [0.5, 0.6) is 0 Å². The normalized spacial score (nSPS) is 12.6. The van der Waals surface area contributed by atoms with Gasteiger partial charge in [0.15, 0.2) is 0 Å². The Morgan fingerprint density at radius 1 is 1.35 bits per heavy atom. The van der Waals surface area contributed by atoms with Gasteiger partial charge in [0, 0.05) is 24.0 Å². The molecule has 1 atom stereocenters. The molecule has 1 aromatic heterocycles. The molecule has 3 nitrogen and oxygen atoms in total. The van der Waals surface area contributed by atoms with Gasteiger partial charge in [-0.3, -0.25) is 4.68 Å². The van der Waals surface area contributed by atoms with Crippen LogP contribution in [0.25, 0.3) is 11.1 Å². The third-order valence-corrected chi connectivity index (χ3v) is 3.05. The molecule has 0 saturated carbocycles. The van der Waals surface area contributed by atoms with Gasteiger partial charge in [0.05, 0.1) is 6.20 Å². The van der Waals surface area contributed by atoms with E-state index in [2.05, 4.69) is 31.2 Å². The summed E-state index contributed by atoms with van der Waals surface area (Å²) >= 11 is 0. The van der Waals surface area contributed by atoms with Gasteiger partial charge in [-0.15, -0.1) is 0 Å². The molecule has 1 unspecified atom stereocenters. The monoisotopic (exact) mass is 229 g/mol. The maximum Gasteiger partial charge on any atom is 0.0568 e. The SMILES string of the molecule is CCC(C)Cn1cc(-c2cccc(N)c2)cn1. The van der Waals surface area contributed by atoms with E-state index in [1.807, 2.05) is 29.1 Å². The number of benzene rings is 1. The van der Waals surface area contributed by atoms with E-state index >= 15 is 0 Å². The van der Waals surface area contributed by atoms with Gasteiger partial charge in [0.1, 0.15) is 0 Å². The molecule has 1 heterocycles. The molecule has 2 N–H and O–H groups in total. The highest BCUT2D eigenvalue weighted by Crippen LogP contribution is 2.21. The van der Waals surface area contributed by atoms with Crippen LogP contribution in [-0.4, -0.2) is 9.78 Å². The van der Waals surface area contributed by atoms with Crippen molar-refractivity contribution in [3.05, 3.63) is 36.7 Å². The van der Waals surface area contributed by atoms with E-state index < -0.39 is 0 Å². The van der Waals surface area contributed by atoms with E-state index in [1.165, 1.54) is 6.42 Å². The summed E-state index contributed by atoms with van der Waals surface area (Å²) in [5.74, 6) is 0.656. The van der Waals surface area contributed by atoms with Crippen molar-refractivity contribution in [3.63, 3.8) is 0 Å². The zero-order valence-electron chi connectivity index (χ0n) is 10.4. The molecule has 2 aromatic rings. The van der Waals surface area contributed by atoms with Crippen molar-refractivity contribution in [2.75, 3.05) is 5.73 Å². The lowest BCUT2D eigenvalue weighted by Crippen LogP contribution is -2.06. The number of nitrogens with zero attached hydrogens (tertiary/aromatic N) is 2. The quantitative estimate of drug-likeness (QED) is 0.818. The topological polar surface area (TPSA) is 43.8 Å². The van der Waals surface area contributed by atoms with Crippen LogP contribution in [0.4, 0.5) is 5.69 Å². The molecule has 90 valence electrons. The highest BCUT2D eigenvalue weighted by Gasteiger charge is 2.04. The molecule has 0 aliphatic rings. The second-order valence-corrected chi connectivity index (χ2v) is 4.59. The Labute approximate surface area is 102 Å². The van der Waals surface area contributed by atoms with Gasteiger partial charge in [-0.1, -0.05) is 32.4 Å². The van der Waals surface area contributed by atoms with E-state index in [4.69, 9.17) is 5.73 Å². The Bertz CT molecular complexity index is 488. The third kappa shape index (κ3) is 2.87. The summed E-state index contributed by atoms with van der Waals surface area (Å²) in [6, 6.07) is 7.90. The van der Waals surface area contributed by atoms with Crippen molar-refractivity contribution in [2.45, 2.75) is 26.8 Å². The molecule has 0 bridgehead atoms. The molecule has 0 aliphatic carbocycles.